The monoisotopic (exact) mass is 234 g/mol. The Hall–Kier alpha value is -2.04. The molecular formula is C12H14N2O3. The summed E-state index contributed by atoms with van der Waals surface area (Å²) in [6, 6.07) is 6.72. The molecule has 5 nitrogen and oxygen atoms in total. The van der Waals surface area contributed by atoms with E-state index in [1.807, 2.05) is 31.2 Å². The topological polar surface area (TPSA) is 58.6 Å². The summed E-state index contributed by atoms with van der Waals surface area (Å²) in [5.41, 5.74) is 0.899. The molecule has 2 rings (SSSR count). The Labute approximate surface area is 99.4 Å². The van der Waals surface area contributed by atoms with E-state index in [2.05, 4.69) is 5.32 Å². The van der Waals surface area contributed by atoms with E-state index in [4.69, 9.17) is 4.74 Å². The fraction of sp³-hybridized carbons (Fsp3) is 0.333. The SMILES string of the molecule is COc1ccc(C(C)N2C(=O)CNC2=O)cc1. The maximum absolute atomic E-state index is 11.5. The lowest BCUT2D eigenvalue weighted by Gasteiger charge is -2.21. The molecule has 1 fully saturated rings. The molecule has 1 aromatic carbocycles. The van der Waals surface area contributed by atoms with Crippen molar-refractivity contribution in [2.75, 3.05) is 13.7 Å². The van der Waals surface area contributed by atoms with Crippen molar-refractivity contribution in [2.24, 2.45) is 0 Å². The number of ether oxygens (including phenoxy) is 1. The average Bonchev–Trinajstić information content (AvgIpc) is 2.68. The number of carbonyl (C=O) groups is 2. The Bertz CT molecular complexity index is 426. The normalized spacial score (nSPS) is 16.9. The molecule has 1 N–H and O–H groups in total. The van der Waals surface area contributed by atoms with E-state index in [9.17, 15) is 9.59 Å². The van der Waals surface area contributed by atoms with Crippen LogP contribution in [0.25, 0.3) is 0 Å². The zero-order chi connectivity index (χ0) is 12.4. The van der Waals surface area contributed by atoms with Crippen molar-refractivity contribution in [1.82, 2.24) is 10.2 Å². The van der Waals surface area contributed by atoms with Crippen molar-refractivity contribution in [3.8, 4) is 5.75 Å². The number of urea groups is 1. The van der Waals surface area contributed by atoms with Gasteiger partial charge in [-0.1, -0.05) is 12.1 Å². The van der Waals surface area contributed by atoms with E-state index in [1.54, 1.807) is 7.11 Å². The van der Waals surface area contributed by atoms with Gasteiger partial charge in [0.15, 0.2) is 0 Å². The first-order chi connectivity index (χ1) is 8.13. The summed E-state index contributed by atoms with van der Waals surface area (Å²) in [5, 5.41) is 2.51. The Balaban J connectivity index is 2.21. The zero-order valence-corrected chi connectivity index (χ0v) is 9.77. The second-order valence-corrected chi connectivity index (χ2v) is 3.87. The van der Waals surface area contributed by atoms with Crippen LogP contribution in [0.4, 0.5) is 4.79 Å². The first-order valence-electron chi connectivity index (χ1n) is 5.37. The highest BCUT2D eigenvalue weighted by atomic mass is 16.5. The molecule has 17 heavy (non-hydrogen) atoms. The number of nitrogens with one attached hydrogen (secondary N) is 1. The van der Waals surface area contributed by atoms with Gasteiger partial charge in [0.05, 0.1) is 19.7 Å². The molecule has 1 aliphatic rings. The number of carbonyl (C=O) groups excluding carboxylic acids is 2. The number of imide groups is 1. The predicted octanol–water partition coefficient (Wildman–Crippen LogP) is 1.31. The lowest BCUT2D eigenvalue weighted by Crippen LogP contribution is -2.33. The Kier molecular flexibility index (Phi) is 2.99. The van der Waals surface area contributed by atoms with Crippen molar-refractivity contribution in [2.45, 2.75) is 13.0 Å². The molecule has 1 saturated heterocycles. The molecule has 1 atom stereocenters. The van der Waals surface area contributed by atoms with Gasteiger partial charge in [0, 0.05) is 0 Å². The average molecular weight is 234 g/mol. The predicted molar refractivity (Wildman–Crippen MR) is 61.7 cm³/mol. The minimum atomic E-state index is -0.335. The van der Waals surface area contributed by atoms with Gasteiger partial charge in [-0.25, -0.2) is 4.79 Å². The van der Waals surface area contributed by atoms with Crippen molar-refractivity contribution in [3.63, 3.8) is 0 Å². The molecule has 1 heterocycles. The molecule has 0 aliphatic carbocycles. The first kappa shape index (κ1) is 11.4. The van der Waals surface area contributed by atoms with E-state index < -0.39 is 0 Å². The van der Waals surface area contributed by atoms with Crippen LogP contribution >= 0.6 is 0 Å². The molecule has 0 saturated carbocycles. The van der Waals surface area contributed by atoms with Crippen LogP contribution in [0.1, 0.15) is 18.5 Å². The third-order valence-electron chi connectivity index (χ3n) is 2.86. The molecule has 5 heteroatoms. The quantitative estimate of drug-likeness (QED) is 0.802. The molecule has 1 unspecified atom stereocenters. The van der Waals surface area contributed by atoms with Crippen molar-refractivity contribution in [1.29, 1.82) is 0 Å². The second kappa shape index (κ2) is 4.45. The Morgan fingerprint density at radius 3 is 2.41 bits per heavy atom. The Morgan fingerprint density at radius 1 is 1.29 bits per heavy atom. The summed E-state index contributed by atoms with van der Waals surface area (Å²) < 4.78 is 5.06. The first-order valence-corrected chi connectivity index (χ1v) is 5.37. The zero-order valence-electron chi connectivity index (χ0n) is 9.77. The lowest BCUT2D eigenvalue weighted by molar-refractivity contribution is -0.126. The van der Waals surface area contributed by atoms with Gasteiger partial charge in [-0.3, -0.25) is 9.69 Å². The fourth-order valence-corrected chi connectivity index (χ4v) is 1.86. The van der Waals surface area contributed by atoms with Crippen molar-refractivity contribution in [3.05, 3.63) is 29.8 Å². The van der Waals surface area contributed by atoms with Gasteiger partial charge in [0.1, 0.15) is 5.75 Å². The third kappa shape index (κ3) is 2.08. The van der Waals surface area contributed by atoms with E-state index in [1.165, 1.54) is 4.90 Å². The third-order valence-corrected chi connectivity index (χ3v) is 2.86. The highest BCUT2D eigenvalue weighted by Gasteiger charge is 2.33. The number of nitrogens with zero attached hydrogens (tertiary/aromatic N) is 1. The van der Waals surface area contributed by atoms with Crippen LogP contribution in [0.5, 0.6) is 5.75 Å². The van der Waals surface area contributed by atoms with Crippen LogP contribution in [-0.4, -0.2) is 30.5 Å². The van der Waals surface area contributed by atoms with Crippen LogP contribution in [0, 0.1) is 0 Å². The molecular weight excluding hydrogens is 220 g/mol. The van der Waals surface area contributed by atoms with Crippen molar-refractivity contribution < 1.29 is 14.3 Å². The molecule has 0 spiro atoms. The lowest BCUT2D eigenvalue weighted by atomic mass is 10.1. The van der Waals surface area contributed by atoms with Crippen LogP contribution < -0.4 is 10.1 Å². The van der Waals surface area contributed by atoms with Crippen molar-refractivity contribution >= 4 is 11.9 Å². The molecule has 90 valence electrons. The molecule has 1 aromatic rings. The van der Waals surface area contributed by atoms with Gasteiger partial charge < -0.3 is 10.1 Å². The molecule has 1 aliphatic heterocycles. The number of amides is 3. The molecule has 0 bridgehead atoms. The van der Waals surface area contributed by atoms with Gasteiger partial charge in [-0.05, 0) is 24.6 Å². The smallest absolute Gasteiger partial charge is 0.325 e. The number of hydrogen-bond donors (Lipinski definition) is 1. The van der Waals surface area contributed by atoms with E-state index in [0.29, 0.717) is 0 Å². The summed E-state index contributed by atoms with van der Waals surface area (Å²) in [5.74, 6) is 0.552. The minimum absolute atomic E-state index is 0.0827. The highest BCUT2D eigenvalue weighted by molar-refractivity contribution is 6.02. The fourth-order valence-electron chi connectivity index (χ4n) is 1.86. The largest absolute Gasteiger partial charge is 0.497 e. The van der Waals surface area contributed by atoms with Crippen LogP contribution in [0.3, 0.4) is 0 Å². The number of rotatable bonds is 3. The van der Waals surface area contributed by atoms with Crippen LogP contribution in [0.15, 0.2) is 24.3 Å². The maximum Gasteiger partial charge on any atom is 0.325 e. The summed E-state index contributed by atoms with van der Waals surface area (Å²) in [4.78, 5) is 24.3. The number of hydrogen-bond acceptors (Lipinski definition) is 3. The summed E-state index contributed by atoms with van der Waals surface area (Å²) in [7, 11) is 1.59. The van der Waals surface area contributed by atoms with Gasteiger partial charge in [-0.15, -0.1) is 0 Å². The molecule has 3 amide bonds. The minimum Gasteiger partial charge on any atom is -0.497 e. The maximum atomic E-state index is 11.5. The molecule has 0 aromatic heterocycles. The summed E-state index contributed by atoms with van der Waals surface area (Å²) in [6.45, 7) is 1.91. The number of methoxy groups -OCH3 is 1. The van der Waals surface area contributed by atoms with E-state index in [-0.39, 0.29) is 24.5 Å². The molecule has 0 radical (unpaired) electrons. The second-order valence-electron chi connectivity index (χ2n) is 3.87. The van der Waals surface area contributed by atoms with Crippen LogP contribution in [0.2, 0.25) is 0 Å². The van der Waals surface area contributed by atoms with Gasteiger partial charge in [0.2, 0.25) is 0 Å². The Morgan fingerprint density at radius 2 is 1.94 bits per heavy atom. The van der Waals surface area contributed by atoms with E-state index in [0.717, 1.165) is 11.3 Å². The van der Waals surface area contributed by atoms with E-state index >= 15 is 0 Å². The van der Waals surface area contributed by atoms with Gasteiger partial charge in [0.25, 0.3) is 5.91 Å². The summed E-state index contributed by atoms with van der Waals surface area (Å²) >= 11 is 0. The summed E-state index contributed by atoms with van der Waals surface area (Å²) in [6.07, 6.45) is 0. The number of benzene rings is 1. The van der Waals surface area contributed by atoms with Crippen LogP contribution in [-0.2, 0) is 4.79 Å². The highest BCUT2D eigenvalue weighted by Crippen LogP contribution is 2.24. The van der Waals surface area contributed by atoms with Gasteiger partial charge in [-0.2, -0.15) is 0 Å². The standard InChI is InChI=1S/C12H14N2O3/c1-8(14-11(15)7-13-12(14)16)9-3-5-10(17-2)6-4-9/h3-6,8H,7H2,1-2H3,(H,13,16). The van der Waals surface area contributed by atoms with Gasteiger partial charge >= 0.3 is 6.03 Å².